The van der Waals surface area contributed by atoms with E-state index in [1.807, 2.05) is 18.5 Å². The lowest BCUT2D eigenvalue weighted by Gasteiger charge is -1.97. The van der Waals surface area contributed by atoms with Gasteiger partial charge in [0, 0.05) is 6.20 Å². The Hall–Kier alpha value is -0.980. The second-order valence-corrected chi connectivity index (χ2v) is 2.53. The molecule has 0 aromatic heterocycles. The van der Waals surface area contributed by atoms with Crippen molar-refractivity contribution in [3.8, 4) is 0 Å². The lowest BCUT2D eigenvalue weighted by atomic mass is 10.1. The fourth-order valence-electron chi connectivity index (χ4n) is 0.850. The van der Waals surface area contributed by atoms with Crippen molar-refractivity contribution >= 4 is 0 Å². The van der Waals surface area contributed by atoms with Gasteiger partial charge in [0.15, 0.2) is 0 Å². The number of nitrogens with one attached hydrogen (secondary N) is 1. The summed E-state index contributed by atoms with van der Waals surface area (Å²) < 4.78 is 0. The molecule has 10 heavy (non-hydrogen) atoms. The average molecular weight is 135 g/mol. The molecule has 1 heterocycles. The number of hydrogen-bond acceptors (Lipinski definition) is 1. The Balaban J connectivity index is 2.54. The molecule has 0 aliphatic carbocycles. The fraction of sp³-hybridized carbons (Fsp3) is 0.333. The van der Waals surface area contributed by atoms with Crippen LogP contribution in [0.5, 0.6) is 0 Å². The lowest BCUT2D eigenvalue weighted by Crippen LogP contribution is -1.90. The van der Waals surface area contributed by atoms with E-state index >= 15 is 0 Å². The third-order valence-electron chi connectivity index (χ3n) is 1.47. The minimum atomic E-state index is 0.654. The summed E-state index contributed by atoms with van der Waals surface area (Å²) in [4.78, 5) is 0. The maximum Gasteiger partial charge on any atom is 0.000419 e. The van der Waals surface area contributed by atoms with Crippen LogP contribution in [0.4, 0.5) is 0 Å². The first-order valence-electron chi connectivity index (χ1n) is 3.64. The summed E-state index contributed by atoms with van der Waals surface area (Å²) in [7, 11) is 0. The second-order valence-electron chi connectivity index (χ2n) is 2.53. The van der Waals surface area contributed by atoms with Gasteiger partial charge in [0.2, 0.25) is 0 Å². The van der Waals surface area contributed by atoms with E-state index in [0.717, 1.165) is 6.42 Å². The SMILES string of the molecule is CC1/C=C/C=C\N/C=C/C1. The largest absolute Gasteiger partial charge is 0.368 e. The van der Waals surface area contributed by atoms with Crippen molar-refractivity contribution in [3.63, 3.8) is 0 Å². The molecule has 1 aliphatic heterocycles. The van der Waals surface area contributed by atoms with Crippen LogP contribution >= 0.6 is 0 Å². The first kappa shape index (κ1) is 7.13. The monoisotopic (exact) mass is 135 g/mol. The third-order valence-corrected chi connectivity index (χ3v) is 1.47. The molecule has 1 rings (SSSR count). The highest BCUT2D eigenvalue weighted by molar-refractivity contribution is 5.06. The van der Waals surface area contributed by atoms with Gasteiger partial charge in [-0.3, -0.25) is 0 Å². The Kier molecular flexibility index (Phi) is 2.81. The molecule has 0 saturated carbocycles. The van der Waals surface area contributed by atoms with Crippen molar-refractivity contribution in [3.05, 3.63) is 36.7 Å². The van der Waals surface area contributed by atoms with E-state index in [9.17, 15) is 0 Å². The maximum absolute atomic E-state index is 3.04. The van der Waals surface area contributed by atoms with Crippen LogP contribution in [0.3, 0.4) is 0 Å². The van der Waals surface area contributed by atoms with Crippen molar-refractivity contribution in [2.45, 2.75) is 13.3 Å². The molecule has 0 amide bonds. The van der Waals surface area contributed by atoms with Crippen LogP contribution in [0.15, 0.2) is 36.7 Å². The molecule has 0 saturated heterocycles. The zero-order chi connectivity index (χ0) is 7.23. The zero-order valence-corrected chi connectivity index (χ0v) is 6.25. The van der Waals surface area contributed by atoms with Crippen molar-refractivity contribution in [1.82, 2.24) is 5.32 Å². The molecule has 1 heteroatoms. The van der Waals surface area contributed by atoms with Crippen LogP contribution in [0, 0.1) is 5.92 Å². The quantitative estimate of drug-likeness (QED) is 0.537. The standard InChI is InChI=1S/C9H13N/c1-9-5-2-3-7-10-8-4-6-9/h2-5,7-10H,6H2,1H3/b5-2+,7-3-,8-4+. The smallest absolute Gasteiger partial charge is 0.000419 e. The van der Waals surface area contributed by atoms with Gasteiger partial charge in [-0.1, -0.05) is 25.2 Å². The Morgan fingerprint density at radius 2 is 2.20 bits per heavy atom. The summed E-state index contributed by atoms with van der Waals surface area (Å²) >= 11 is 0. The predicted octanol–water partition coefficient (Wildman–Crippen LogP) is 2.20. The van der Waals surface area contributed by atoms with E-state index < -0.39 is 0 Å². The molecule has 0 fully saturated rings. The number of rotatable bonds is 0. The topological polar surface area (TPSA) is 12.0 Å². The Morgan fingerprint density at radius 3 is 3.10 bits per heavy atom. The Labute approximate surface area is 62.1 Å². The normalized spacial score (nSPS) is 34.3. The molecule has 1 atom stereocenters. The average Bonchev–Trinajstić information content (AvgIpc) is 2.02. The zero-order valence-electron chi connectivity index (χ0n) is 6.25. The summed E-state index contributed by atoms with van der Waals surface area (Å²) in [6, 6.07) is 0. The Bertz CT molecular complexity index is 166. The summed E-state index contributed by atoms with van der Waals surface area (Å²) in [5, 5.41) is 3.04. The van der Waals surface area contributed by atoms with Crippen LogP contribution < -0.4 is 5.32 Å². The maximum atomic E-state index is 3.04. The van der Waals surface area contributed by atoms with Crippen LogP contribution in [-0.4, -0.2) is 0 Å². The predicted molar refractivity (Wildman–Crippen MR) is 44.3 cm³/mol. The highest BCUT2D eigenvalue weighted by Crippen LogP contribution is 2.04. The van der Waals surface area contributed by atoms with Gasteiger partial charge in [-0.15, -0.1) is 0 Å². The summed E-state index contributed by atoms with van der Waals surface area (Å²) in [6.45, 7) is 2.21. The molecule has 0 aromatic rings. The van der Waals surface area contributed by atoms with Gasteiger partial charge in [-0.2, -0.15) is 0 Å². The molecule has 54 valence electrons. The molecule has 0 bridgehead atoms. The van der Waals surface area contributed by atoms with E-state index in [4.69, 9.17) is 0 Å². The van der Waals surface area contributed by atoms with Gasteiger partial charge in [0.05, 0.1) is 0 Å². The van der Waals surface area contributed by atoms with Crippen molar-refractivity contribution in [2.75, 3.05) is 0 Å². The lowest BCUT2D eigenvalue weighted by molar-refractivity contribution is 0.743. The van der Waals surface area contributed by atoms with Crippen LogP contribution in [0.25, 0.3) is 0 Å². The highest BCUT2D eigenvalue weighted by Gasteiger charge is 1.91. The molecule has 0 radical (unpaired) electrons. The first-order valence-corrected chi connectivity index (χ1v) is 3.64. The first-order chi connectivity index (χ1) is 4.89. The van der Waals surface area contributed by atoms with E-state index in [1.165, 1.54) is 0 Å². The van der Waals surface area contributed by atoms with E-state index in [0.29, 0.717) is 5.92 Å². The third kappa shape index (κ3) is 2.53. The second kappa shape index (κ2) is 3.94. The molecule has 0 spiro atoms. The summed E-state index contributed by atoms with van der Waals surface area (Å²) in [6.07, 6.45) is 13.4. The van der Waals surface area contributed by atoms with E-state index in [1.54, 1.807) is 0 Å². The molecule has 1 N–H and O–H groups in total. The minimum absolute atomic E-state index is 0.654. The van der Waals surface area contributed by atoms with Crippen molar-refractivity contribution in [1.29, 1.82) is 0 Å². The molecular formula is C9H13N. The van der Waals surface area contributed by atoms with E-state index in [-0.39, 0.29) is 0 Å². The van der Waals surface area contributed by atoms with Crippen molar-refractivity contribution in [2.24, 2.45) is 5.92 Å². The van der Waals surface area contributed by atoms with Gasteiger partial charge < -0.3 is 5.32 Å². The van der Waals surface area contributed by atoms with Gasteiger partial charge >= 0.3 is 0 Å². The fourth-order valence-corrected chi connectivity index (χ4v) is 0.850. The molecular weight excluding hydrogens is 122 g/mol. The Morgan fingerprint density at radius 1 is 1.30 bits per heavy atom. The van der Waals surface area contributed by atoms with Crippen LogP contribution in [0.2, 0.25) is 0 Å². The van der Waals surface area contributed by atoms with Crippen LogP contribution in [0.1, 0.15) is 13.3 Å². The number of hydrogen-bond donors (Lipinski definition) is 1. The highest BCUT2D eigenvalue weighted by atomic mass is 14.8. The van der Waals surface area contributed by atoms with Crippen molar-refractivity contribution < 1.29 is 0 Å². The van der Waals surface area contributed by atoms with E-state index in [2.05, 4.69) is 30.5 Å². The van der Waals surface area contributed by atoms with Gasteiger partial charge in [-0.25, -0.2) is 0 Å². The molecule has 1 nitrogen and oxygen atoms in total. The minimum Gasteiger partial charge on any atom is -0.368 e. The molecule has 1 unspecified atom stereocenters. The molecule has 1 aliphatic rings. The van der Waals surface area contributed by atoms with Gasteiger partial charge in [-0.05, 0) is 24.6 Å². The molecule has 0 aromatic carbocycles. The van der Waals surface area contributed by atoms with Gasteiger partial charge in [0.1, 0.15) is 0 Å². The summed E-state index contributed by atoms with van der Waals surface area (Å²) in [5.74, 6) is 0.654. The summed E-state index contributed by atoms with van der Waals surface area (Å²) in [5.41, 5.74) is 0. The number of allylic oxidation sites excluding steroid dienone is 4. The van der Waals surface area contributed by atoms with Gasteiger partial charge in [0.25, 0.3) is 0 Å². The van der Waals surface area contributed by atoms with Crippen LogP contribution in [-0.2, 0) is 0 Å².